The van der Waals surface area contributed by atoms with Crippen LogP contribution in [0.25, 0.3) is 11.0 Å². The molecule has 0 radical (unpaired) electrons. The number of hydrogen-bond donors (Lipinski definition) is 0. The minimum atomic E-state index is 0.627. The van der Waals surface area contributed by atoms with Gasteiger partial charge in [-0.2, -0.15) is 0 Å². The molecule has 0 atom stereocenters. The zero-order valence-corrected chi connectivity index (χ0v) is 10.5. The number of pyridine rings is 2. The molecule has 0 aromatic carbocycles. The van der Waals surface area contributed by atoms with Gasteiger partial charge in [0, 0.05) is 11.1 Å². The molecule has 0 aliphatic heterocycles. The van der Waals surface area contributed by atoms with Crippen LogP contribution in [0.2, 0.25) is 0 Å². The minimum Gasteiger partial charge on any atom is -0.233 e. The van der Waals surface area contributed by atoms with E-state index in [0.29, 0.717) is 5.92 Å². The molecule has 0 saturated heterocycles. The van der Waals surface area contributed by atoms with E-state index in [9.17, 15) is 0 Å². The molecule has 0 bridgehead atoms. The van der Waals surface area contributed by atoms with E-state index in [-0.39, 0.29) is 0 Å². The second-order valence-corrected chi connectivity index (χ2v) is 4.89. The molecule has 0 saturated carbocycles. The Labute approximate surface area is 97.9 Å². The molecule has 2 nitrogen and oxygen atoms in total. The molecule has 2 rings (SSSR count). The summed E-state index contributed by atoms with van der Waals surface area (Å²) >= 11 is 3.36. The first-order valence-corrected chi connectivity index (χ1v) is 5.86. The molecule has 2 aromatic heterocycles. The predicted octanol–water partition coefficient (Wildman–Crippen LogP) is 3.59. The lowest BCUT2D eigenvalue weighted by Gasteiger charge is -2.05. The second kappa shape index (κ2) is 4.27. The van der Waals surface area contributed by atoms with Crippen LogP contribution in [0, 0.1) is 5.92 Å². The normalized spacial score (nSPS) is 11.2. The summed E-state index contributed by atoms with van der Waals surface area (Å²) in [6, 6.07) is 8.13. The molecule has 0 aliphatic carbocycles. The minimum absolute atomic E-state index is 0.627. The van der Waals surface area contributed by atoms with Crippen LogP contribution in [0.4, 0.5) is 0 Å². The highest BCUT2D eigenvalue weighted by atomic mass is 79.9. The standard InChI is InChI=1S/C12H13BrN2/c1-8(2)7-10-5-3-9-4-6-11(13)15-12(9)14-10/h3-6,8H,7H2,1-2H3. The molecule has 78 valence electrons. The third-order valence-electron chi connectivity index (χ3n) is 2.19. The Bertz CT molecular complexity index is 480. The average molecular weight is 265 g/mol. The van der Waals surface area contributed by atoms with Gasteiger partial charge in [0.25, 0.3) is 0 Å². The Morgan fingerprint density at radius 1 is 1.13 bits per heavy atom. The van der Waals surface area contributed by atoms with E-state index in [1.807, 2.05) is 12.1 Å². The molecule has 0 spiro atoms. The van der Waals surface area contributed by atoms with Crippen molar-refractivity contribution in [2.45, 2.75) is 20.3 Å². The summed E-state index contributed by atoms with van der Waals surface area (Å²) < 4.78 is 0.837. The van der Waals surface area contributed by atoms with Gasteiger partial charge in [-0.1, -0.05) is 13.8 Å². The topological polar surface area (TPSA) is 25.8 Å². The quantitative estimate of drug-likeness (QED) is 0.775. The van der Waals surface area contributed by atoms with E-state index < -0.39 is 0 Å². The fourth-order valence-electron chi connectivity index (χ4n) is 1.55. The zero-order valence-electron chi connectivity index (χ0n) is 8.87. The maximum Gasteiger partial charge on any atom is 0.160 e. The van der Waals surface area contributed by atoms with Crippen LogP contribution in [-0.4, -0.2) is 9.97 Å². The van der Waals surface area contributed by atoms with E-state index in [1.54, 1.807) is 0 Å². The molecule has 0 fully saturated rings. The summed E-state index contributed by atoms with van der Waals surface area (Å²) in [5, 5.41) is 1.09. The van der Waals surface area contributed by atoms with Crippen molar-refractivity contribution in [2.24, 2.45) is 5.92 Å². The van der Waals surface area contributed by atoms with Gasteiger partial charge >= 0.3 is 0 Å². The van der Waals surface area contributed by atoms with Gasteiger partial charge in [-0.25, -0.2) is 9.97 Å². The molecule has 0 N–H and O–H groups in total. The van der Waals surface area contributed by atoms with Gasteiger partial charge < -0.3 is 0 Å². The molecule has 3 heteroatoms. The number of aromatic nitrogens is 2. The molecular weight excluding hydrogens is 252 g/mol. The van der Waals surface area contributed by atoms with Crippen LogP contribution < -0.4 is 0 Å². The lowest BCUT2D eigenvalue weighted by Crippen LogP contribution is -1.98. The highest BCUT2D eigenvalue weighted by Crippen LogP contribution is 2.15. The summed E-state index contributed by atoms with van der Waals surface area (Å²) in [5.41, 5.74) is 1.94. The highest BCUT2D eigenvalue weighted by Gasteiger charge is 2.02. The zero-order chi connectivity index (χ0) is 10.8. The predicted molar refractivity (Wildman–Crippen MR) is 65.8 cm³/mol. The van der Waals surface area contributed by atoms with Gasteiger partial charge in [-0.05, 0) is 52.5 Å². The van der Waals surface area contributed by atoms with Crippen molar-refractivity contribution in [1.82, 2.24) is 9.97 Å². The van der Waals surface area contributed by atoms with Crippen molar-refractivity contribution < 1.29 is 0 Å². The molecule has 0 unspecified atom stereocenters. The largest absolute Gasteiger partial charge is 0.233 e. The Hall–Kier alpha value is -0.960. The molecule has 0 aliphatic rings. The first-order valence-electron chi connectivity index (χ1n) is 5.07. The van der Waals surface area contributed by atoms with Crippen LogP contribution in [0.15, 0.2) is 28.9 Å². The van der Waals surface area contributed by atoms with Crippen LogP contribution in [0.3, 0.4) is 0 Å². The summed E-state index contributed by atoms with van der Waals surface area (Å²) in [7, 11) is 0. The van der Waals surface area contributed by atoms with Gasteiger partial charge in [0.1, 0.15) is 4.60 Å². The third kappa shape index (κ3) is 2.53. The number of nitrogens with zero attached hydrogens (tertiary/aromatic N) is 2. The molecule has 15 heavy (non-hydrogen) atoms. The maximum absolute atomic E-state index is 4.54. The SMILES string of the molecule is CC(C)Cc1ccc2ccc(Br)nc2n1. The Kier molecular flexibility index (Phi) is 3.00. The number of rotatable bonds is 2. The first kappa shape index (κ1) is 10.6. The summed E-state index contributed by atoms with van der Waals surface area (Å²) in [6.07, 6.45) is 1.00. The van der Waals surface area contributed by atoms with E-state index in [2.05, 4.69) is 51.9 Å². The Morgan fingerprint density at radius 2 is 1.87 bits per heavy atom. The summed E-state index contributed by atoms with van der Waals surface area (Å²) in [4.78, 5) is 8.88. The van der Waals surface area contributed by atoms with Crippen molar-refractivity contribution in [3.63, 3.8) is 0 Å². The maximum atomic E-state index is 4.54. The highest BCUT2D eigenvalue weighted by molar-refractivity contribution is 9.10. The average Bonchev–Trinajstić information content (AvgIpc) is 2.16. The lowest BCUT2D eigenvalue weighted by atomic mass is 10.1. The number of halogens is 1. The molecule has 2 aromatic rings. The van der Waals surface area contributed by atoms with E-state index in [1.165, 1.54) is 0 Å². The monoisotopic (exact) mass is 264 g/mol. The van der Waals surface area contributed by atoms with Crippen LogP contribution in [0.5, 0.6) is 0 Å². The first-order chi connectivity index (χ1) is 7.15. The van der Waals surface area contributed by atoms with Crippen molar-refractivity contribution in [3.8, 4) is 0 Å². The van der Waals surface area contributed by atoms with Gasteiger partial charge in [0.05, 0.1) is 0 Å². The Morgan fingerprint density at radius 3 is 2.60 bits per heavy atom. The third-order valence-corrected chi connectivity index (χ3v) is 2.64. The summed E-state index contributed by atoms with van der Waals surface area (Å²) in [5.74, 6) is 0.627. The van der Waals surface area contributed by atoms with Crippen LogP contribution in [0.1, 0.15) is 19.5 Å². The Balaban J connectivity index is 2.45. The second-order valence-electron chi connectivity index (χ2n) is 4.08. The van der Waals surface area contributed by atoms with Crippen LogP contribution in [-0.2, 0) is 6.42 Å². The fraction of sp³-hybridized carbons (Fsp3) is 0.333. The van der Waals surface area contributed by atoms with Gasteiger partial charge in [0.2, 0.25) is 0 Å². The molecular formula is C12H13BrN2. The van der Waals surface area contributed by atoms with E-state index in [4.69, 9.17) is 0 Å². The van der Waals surface area contributed by atoms with E-state index in [0.717, 1.165) is 27.8 Å². The van der Waals surface area contributed by atoms with E-state index >= 15 is 0 Å². The van der Waals surface area contributed by atoms with Crippen molar-refractivity contribution in [1.29, 1.82) is 0 Å². The lowest BCUT2D eigenvalue weighted by molar-refractivity contribution is 0.636. The fourth-order valence-corrected chi connectivity index (χ4v) is 1.85. The van der Waals surface area contributed by atoms with Gasteiger partial charge in [-0.3, -0.25) is 0 Å². The molecule has 0 amide bonds. The smallest absolute Gasteiger partial charge is 0.160 e. The van der Waals surface area contributed by atoms with Gasteiger partial charge in [0.15, 0.2) is 5.65 Å². The van der Waals surface area contributed by atoms with Crippen molar-refractivity contribution in [2.75, 3.05) is 0 Å². The number of fused-ring (bicyclic) bond motifs is 1. The van der Waals surface area contributed by atoms with Crippen molar-refractivity contribution in [3.05, 3.63) is 34.6 Å². The van der Waals surface area contributed by atoms with Gasteiger partial charge in [-0.15, -0.1) is 0 Å². The summed E-state index contributed by atoms with van der Waals surface area (Å²) in [6.45, 7) is 4.39. The number of hydrogen-bond acceptors (Lipinski definition) is 2. The van der Waals surface area contributed by atoms with Crippen molar-refractivity contribution >= 4 is 27.0 Å². The molecule has 2 heterocycles. The van der Waals surface area contributed by atoms with Crippen LogP contribution >= 0.6 is 15.9 Å².